The van der Waals surface area contributed by atoms with Crippen LogP contribution in [-0.4, -0.2) is 34.5 Å². The molecule has 1 aromatic carbocycles. The lowest BCUT2D eigenvalue weighted by Crippen LogP contribution is -2.33. The van der Waals surface area contributed by atoms with E-state index in [0.29, 0.717) is 12.1 Å². The van der Waals surface area contributed by atoms with Crippen molar-refractivity contribution in [3.63, 3.8) is 0 Å². The van der Waals surface area contributed by atoms with Crippen LogP contribution in [0.15, 0.2) is 24.3 Å². The normalized spacial score (nSPS) is 11.4. The smallest absolute Gasteiger partial charge is 0.321 e. The quantitative estimate of drug-likeness (QED) is 0.686. The summed E-state index contributed by atoms with van der Waals surface area (Å²) in [7, 11) is 0. The molecule has 0 bridgehead atoms. The Hall–Kier alpha value is -2.04. The number of carbonyl (C=O) groups is 2. The van der Waals surface area contributed by atoms with Gasteiger partial charge in [0.2, 0.25) is 5.91 Å². The molecule has 0 aliphatic rings. The second-order valence-electron chi connectivity index (χ2n) is 4.04. The zero-order valence-electron chi connectivity index (χ0n) is 10.7. The fourth-order valence-electron chi connectivity index (χ4n) is 1.34. The number of nitrogens with zero attached hydrogens (tertiary/aromatic N) is 1. The molecule has 4 N–H and O–H groups in total. The van der Waals surface area contributed by atoms with Gasteiger partial charge in [-0.25, -0.2) is 0 Å². The van der Waals surface area contributed by atoms with E-state index < -0.39 is 12.0 Å². The number of nitrogens with two attached hydrogens (primary N) is 1. The lowest BCUT2D eigenvalue weighted by molar-refractivity contribution is -0.137. The van der Waals surface area contributed by atoms with E-state index in [9.17, 15) is 9.59 Å². The van der Waals surface area contributed by atoms with Crippen molar-refractivity contribution in [2.24, 2.45) is 5.73 Å². The topological polar surface area (TPSA) is 116 Å². The molecule has 0 spiro atoms. The van der Waals surface area contributed by atoms with Crippen molar-refractivity contribution in [3.8, 4) is 6.07 Å². The summed E-state index contributed by atoms with van der Waals surface area (Å²) in [5.74, 6) is -0.975. The van der Waals surface area contributed by atoms with Crippen molar-refractivity contribution >= 4 is 29.3 Å². The number of rotatable bonds is 7. The number of aliphatic carboxylic acids is 1. The van der Waals surface area contributed by atoms with Gasteiger partial charge in [-0.3, -0.25) is 9.59 Å². The van der Waals surface area contributed by atoms with E-state index in [-0.39, 0.29) is 17.4 Å². The van der Waals surface area contributed by atoms with Gasteiger partial charge in [-0.05, 0) is 17.7 Å². The summed E-state index contributed by atoms with van der Waals surface area (Å²) < 4.78 is 0. The van der Waals surface area contributed by atoms with E-state index in [4.69, 9.17) is 16.1 Å². The van der Waals surface area contributed by atoms with Crippen LogP contribution in [0.2, 0.25) is 0 Å². The third kappa shape index (κ3) is 5.73. The number of hydrogen-bond donors (Lipinski definition) is 3. The third-order valence-electron chi connectivity index (χ3n) is 2.37. The van der Waals surface area contributed by atoms with Crippen molar-refractivity contribution in [2.75, 3.05) is 16.8 Å². The molecule has 1 atom stereocenters. The van der Waals surface area contributed by atoms with Crippen LogP contribution in [0, 0.1) is 11.3 Å². The predicted octanol–water partition coefficient (Wildman–Crippen LogP) is 0.836. The molecule has 1 rings (SSSR count). The molecule has 0 fully saturated rings. The Morgan fingerprint density at radius 1 is 1.40 bits per heavy atom. The average molecular weight is 293 g/mol. The largest absolute Gasteiger partial charge is 0.480 e. The van der Waals surface area contributed by atoms with Crippen molar-refractivity contribution in [1.29, 1.82) is 5.26 Å². The maximum absolute atomic E-state index is 11.6. The Bertz CT molecular complexity index is 511. The van der Waals surface area contributed by atoms with Gasteiger partial charge in [-0.15, -0.1) is 11.8 Å². The number of anilines is 1. The first-order valence-corrected chi connectivity index (χ1v) is 7.00. The lowest BCUT2D eigenvalue weighted by atomic mass is 10.1. The Labute approximate surface area is 121 Å². The standard InChI is InChI=1S/C13H15N3O3S/c14-6-5-9-1-3-10(4-2-9)16-12(17)8-20-7-11(15)13(18)19/h1-4,11H,5,7-8,15H2,(H,16,17)(H,18,19). The molecule has 1 aromatic rings. The fraction of sp³-hybridized carbons (Fsp3) is 0.308. The molecule has 7 heteroatoms. The van der Waals surface area contributed by atoms with E-state index >= 15 is 0 Å². The molecule has 6 nitrogen and oxygen atoms in total. The maximum atomic E-state index is 11.6. The van der Waals surface area contributed by atoms with E-state index in [0.717, 1.165) is 5.56 Å². The predicted molar refractivity (Wildman–Crippen MR) is 77.3 cm³/mol. The van der Waals surface area contributed by atoms with Gasteiger partial charge in [0.1, 0.15) is 6.04 Å². The summed E-state index contributed by atoms with van der Waals surface area (Å²) in [6, 6.07) is 8.06. The first-order valence-electron chi connectivity index (χ1n) is 5.85. The first kappa shape index (κ1) is 16.0. The van der Waals surface area contributed by atoms with Crippen molar-refractivity contribution in [2.45, 2.75) is 12.5 Å². The maximum Gasteiger partial charge on any atom is 0.321 e. The van der Waals surface area contributed by atoms with Crippen molar-refractivity contribution in [1.82, 2.24) is 0 Å². The summed E-state index contributed by atoms with van der Waals surface area (Å²) in [6.07, 6.45) is 0.331. The van der Waals surface area contributed by atoms with E-state index in [1.165, 1.54) is 11.8 Å². The molecule has 0 heterocycles. The van der Waals surface area contributed by atoms with Gasteiger partial charge in [0.15, 0.2) is 0 Å². The average Bonchev–Trinajstić information content (AvgIpc) is 2.41. The lowest BCUT2D eigenvalue weighted by Gasteiger charge is -2.07. The van der Waals surface area contributed by atoms with Crippen LogP contribution in [0.5, 0.6) is 0 Å². The van der Waals surface area contributed by atoms with Crippen LogP contribution in [0.25, 0.3) is 0 Å². The first-order chi connectivity index (χ1) is 9.52. The third-order valence-corrected chi connectivity index (χ3v) is 3.43. The van der Waals surface area contributed by atoms with Gasteiger partial charge in [-0.2, -0.15) is 5.26 Å². The Morgan fingerprint density at radius 3 is 2.60 bits per heavy atom. The van der Waals surface area contributed by atoms with Crippen LogP contribution in [0.3, 0.4) is 0 Å². The van der Waals surface area contributed by atoms with Crippen LogP contribution >= 0.6 is 11.8 Å². The van der Waals surface area contributed by atoms with Crippen LogP contribution in [0.4, 0.5) is 5.69 Å². The van der Waals surface area contributed by atoms with Crippen LogP contribution in [-0.2, 0) is 16.0 Å². The van der Waals surface area contributed by atoms with Crippen LogP contribution in [0.1, 0.15) is 5.56 Å². The number of carboxylic acids is 1. The monoisotopic (exact) mass is 293 g/mol. The summed E-state index contributed by atoms with van der Waals surface area (Å²) in [5, 5.41) is 19.8. The number of nitrogens with one attached hydrogen (secondary N) is 1. The Kier molecular flexibility index (Phi) is 6.56. The number of nitriles is 1. The minimum Gasteiger partial charge on any atom is -0.480 e. The molecule has 20 heavy (non-hydrogen) atoms. The summed E-state index contributed by atoms with van der Waals surface area (Å²) >= 11 is 1.17. The minimum atomic E-state index is -1.08. The van der Waals surface area contributed by atoms with Crippen molar-refractivity contribution < 1.29 is 14.7 Å². The summed E-state index contributed by atoms with van der Waals surface area (Å²) in [5.41, 5.74) is 6.84. The van der Waals surface area contributed by atoms with Gasteiger partial charge in [0.05, 0.1) is 18.2 Å². The molecule has 0 saturated heterocycles. The Morgan fingerprint density at radius 2 is 2.05 bits per heavy atom. The second kappa shape index (κ2) is 8.19. The van der Waals surface area contributed by atoms with Gasteiger partial charge >= 0.3 is 5.97 Å². The number of carbonyl (C=O) groups excluding carboxylic acids is 1. The molecule has 0 aliphatic carbocycles. The van der Waals surface area contributed by atoms with Gasteiger partial charge in [0, 0.05) is 11.4 Å². The molecule has 0 aromatic heterocycles. The number of hydrogen-bond acceptors (Lipinski definition) is 5. The summed E-state index contributed by atoms with van der Waals surface area (Å²) in [4.78, 5) is 22.1. The highest BCUT2D eigenvalue weighted by Crippen LogP contribution is 2.11. The van der Waals surface area contributed by atoms with Gasteiger partial charge in [0.25, 0.3) is 0 Å². The molecule has 1 amide bonds. The number of carboxylic acid groups (broad SMARTS) is 1. The molecular weight excluding hydrogens is 278 g/mol. The molecule has 106 valence electrons. The van der Waals surface area contributed by atoms with E-state index in [1.54, 1.807) is 24.3 Å². The van der Waals surface area contributed by atoms with E-state index in [2.05, 4.69) is 5.32 Å². The fourth-order valence-corrected chi connectivity index (χ4v) is 2.12. The zero-order valence-corrected chi connectivity index (χ0v) is 11.5. The van der Waals surface area contributed by atoms with Crippen molar-refractivity contribution in [3.05, 3.63) is 29.8 Å². The highest BCUT2D eigenvalue weighted by Gasteiger charge is 2.12. The molecule has 0 saturated carbocycles. The van der Waals surface area contributed by atoms with E-state index in [1.807, 2.05) is 6.07 Å². The SMILES string of the molecule is N#CCc1ccc(NC(=O)CSCC(N)C(=O)O)cc1. The highest BCUT2D eigenvalue weighted by atomic mass is 32.2. The number of amides is 1. The second-order valence-corrected chi connectivity index (χ2v) is 5.07. The Balaban J connectivity index is 2.35. The number of benzene rings is 1. The minimum absolute atomic E-state index is 0.140. The number of thioether (sulfide) groups is 1. The van der Waals surface area contributed by atoms with Gasteiger partial charge < -0.3 is 16.2 Å². The summed E-state index contributed by atoms with van der Waals surface area (Å²) in [6.45, 7) is 0. The molecular formula is C13H15N3O3S. The molecule has 0 aliphatic heterocycles. The zero-order chi connectivity index (χ0) is 15.0. The molecule has 1 unspecified atom stereocenters. The van der Waals surface area contributed by atoms with Crippen LogP contribution < -0.4 is 11.1 Å². The molecule has 0 radical (unpaired) electrons. The highest BCUT2D eigenvalue weighted by molar-refractivity contribution is 8.00. The van der Waals surface area contributed by atoms with Gasteiger partial charge in [-0.1, -0.05) is 12.1 Å².